The molecule has 154 valence electrons. The molecule has 3 aromatic rings. The molecule has 4 N–H and O–H groups in total. The number of nitrogens with one attached hydrogen (secondary N) is 4. The number of benzene rings is 2. The van der Waals surface area contributed by atoms with Crippen LogP contribution in [0.4, 0.5) is 0 Å². The monoisotopic (exact) mass is 400 g/mol. The van der Waals surface area contributed by atoms with Crippen molar-refractivity contribution < 1.29 is 0 Å². The fraction of sp³-hybridized carbons (Fsp3) is 0.333. The maximum absolute atomic E-state index is 4.82. The second kappa shape index (κ2) is 9.02. The van der Waals surface area contributed by atoms with Crippen molar-refractivity contribution in [1.29, 1.82) is 0 Å². The zero-order chi connectivity index (χ0) is 20.2. The van der Waals surface area contributed by atoms with Gasteiger partial charge in [-0.1, -0.05) is 48.5 Å². The molecule has 2 aliphatic rings. The van der Waals surface area contributed by atoms with Crippen LogP contribution in [0.3, 0.4) is 0 Å². The molecule has 5 rings (SSSR count). The Morgan fingerprint density at radius 2 is 1.10 bits per heavy atom. The zero-order valence-corrected chi connectivity index (χ0v) is 17.1. The molecule has 0 saturated carbocycles. The average Bonchev–Trinajstić information content (AvgIpc) is 2.85. The smallest absolute Gasteiger partial charge is 0.159 e. The fourth-order valence-electron chi connectivity index (χ4n) is 4.11. The highest BCUT2D eigenvalue weighted by Crippen LogP contribution is 2.24. The van der Waals surface area contributed by atoms with Crippen molar-refractivity contribution >= 4 is 0 Å². The van der Waals surface area contributed by atoms with Gasteiger partial charge in [-0.2, -0.15) is 0 Å². The predicted molar refractivity (Wildman–Crippen MR) is 120 cm³/mol. The Balaban J connectivity index is 1.33. The summed E-state index contributed by atoms with van der Waals surface area (Å²) >= 11 is 0. The van der Waals surface area contributed by atoms with Crippen LogP contribution in [0, 0.1) is 0 Å². The first-order chi connectivity index (χ1) is 14.9. The summed E-state index contributed by atoms with van der Waals surface area (Å²) in [6.07, 6.45) is 4.65. The van der Waals surface area contributed by atoms with Crippen LogP contribution >= 0.6 is 0 Å². The van der Waals surface area contributed by atoms with E-state index in [2.05, 4.69) is 74.8 Å². The third kappa shape index (κ3) is 4.27. The number of nitrogens with zero attached hydrogens (tertiary/aromatic N) is 2. The van der Waals surface area contributed by atoms with Crippen molar-refractivity contribution in [2.45, 2.75) is 25.2 Å². The normalized spacial score (nSPS) is 18.4. The number of aromatic nitrogens is 2. The average molecular weight is 401 g/mol. The Kier molecular flexibility index (Phi) is 5.81. The van der Waals surface area contributed by atoms with Crippen molar-refractivity contribution in [3.63, 3.8) is 0 Å². The summed E-state index contributed by atoms with van der Waals surface area (Å²) in [6, 6.07) is 19.1. The molecule has 6 heteroatoms. The molecule has 0 radical (unpaired) electrons. The SMILES string of the molecule is c1cc(-c2ccc(C3NCCCN3)cc2)nc(-c2ccc(C3NCCCN3)cc2)n1. The van der Waals surface area contributed by atoms with Crippen LogP contribution in [0.15, 0.2) is 60.8 Å². The lowest BCUT2D eigenvalue weighted by Gasteiger charge is -2.25. The minimum absolute atomic E-state index is 0.228. The van der Waals surface area contributed by atoms with E-state index in [0.29, 0.717) is 0 Å². The van der Waals surface area contributed by atoms with Gasteiger partial charge in [0.05, 0.1) is 18.0 Å². The van der Waals surface area contributed by atoms with E-state index < -0.39 is 0 Å². The summed E-state index contributed by atoms with van der Waals surface area (Å²) in [5.41, 5.74) is 5.58. The molecule has 0 amide bonds. The standard InChI is InChI=1S/C24H28N6/c1-12-25-22(26-13-1)18-5-3-17(4-6-18)21-11-16-29-24(30-21)20-9-7-19(8-10-20)23-27-14-2-15-28-23/h3-11,16,22-23,25-28H,1-2,12-15H2. The van der Waals surface area contributed by atoms with Crippen molar-refractivity contribution in [1.82, 2.24) is 31.2 Å². The van der Waals surface area contributed by atoms with E-state index in [4.69, 9.17) is 4.98 Å². The van der Waals surface area contributed by atoms with Gasteiger partial charge >= 0.3 is 0 Å². The molecule has 0 aliphatic carbocycles. The van der Waals surface area contributed by atoms with Crippen LogP contribution in [0.2, 0.25) is 0 Å². The van der Waals surface area contributed by atoms with Crippen molar-refractivity contribution in [2.24, 2.45) is 0 Å². The zero-order valence-electron chi connectivity index (χ0n) is 17.1. The third-order valence-electron chi connectivity index (χ3n) is 5.80. The minimum atomic E-state index is 0.228. The van der Waals surface area contributed by atoms with E-state index in [-0.39, 0.29) is 12.3 Å². The van der Waals surface area contributed by atoms with Gasteiger partial charge in [-0.15, -0.1) is 0 Å². The van der Waals surface area contributed by atoms with Gasteiger partial charge in [0.1, 0.15) is 0 Å². The van der Waals surface area contributed by atoms with Crippen molar-refractivity contribution in [2.75, 3.05) is 26.2 Å². The first kappa shape index (κ1) is 19.3. The summed E-state index contributed by atoms with van der Waals surface area (Å²) in [6.45, 7) is 4.22. The van der Waals surface area contributed by atoms with E-state index in [1.807, 2.05) is 12.3 Å². The van der Waals surface area contributed by atoms with Gasteiger partial charge in [0, 0.05) is 17.3 Å². The van der Waals surface area contributed by atoms with E-state index in [0.717, 1.165) is 48.8 Å². The summed E-state index contributed by atoms with van der Waals surface area (Å²) in [7, 11) is 0. The quantitative estimate of drug-likeness (QED) is 0.540. The Bertz CT molecular complexity index is 881. The highest BCUT2D eigenvalue weighted by Gasteiger charge is 2.15. The van der Waals surface area contributed by atoms with Gasteiger partial charge in [0.2, 0.25) is 0 Å². The second-order valence-corrected chi connectivity index (χ2v) is 7.90. The van der Waals surface area contributed by atoms with Gasteiger partial charge < -0.3 is 0 Å². The fourth-order valence-corrected chi connectivity index (χ4v) is 4.11. The van der Waals surface area contributed by atoms with Gasteiger partial charge in [-0.05, 0) is 56.2 Å². The second-order valence-electron chi connectivity index (χ2n) is 7.90. The lowest BCUT2D eigenvalue weighted by Crippen LogP contribution is -2.41. The molecular weight excluding hydrogens is 372 g/mol. The molecule has 1 aromatic heterocycles. The molecular formula is C24H28N6. The molecule has 2 saturated heterocycles. The maximum atomic E-state index is 4.82. The maximum Gasteiger partial charge on any atom is 0.159 e. The summed E-state index contributed by atoms with van der Waals surface area (Å²) < 4.78 is 0. The molecule has 30 heavy (non-hydrogen) atoms. The van der Waals surface area contributed by atoms with Crippen LogP contribution in [0.25, 0.3) is 22.6 Å². The van der Waals surface area contributed by atoms with E-state index in [1.54, 1.807) is 0 Å². The molecule has 0 atom stereocenters. The topological polar surface area (TPSA) is 73.9 Å². The Morgan fingerprint density at radius 1 is 0.600 bits per heavy atom. The van der Waals surface area contributed by atoms with E-state index in [9.17, 15) is 0 Å². The Morgan fingerprint density at radius 3 is 1.63 bits per heavy atom. The number of rotatable bonds is 4. The number of hydrogen-bond donors (Lipinski definition) is 4. The first-order valence-corrected chi connectivity index (χ1v) is 10.8. The summed E-state index contributed by atoms with van der Waals surface area (Å²) in [5, 5.41) is 14.0. The largest absolute Gasteiger partial charge is 0.298 e. The van der Waals surface area contributed by atoms with Crippen molar-refractivity contribution in [3.8, 4) is 22.6 Å². The lowest BCUT2D eigenvalue weighted by molar-refractivity contribution is 0.380. The molecule has 2 aromatic carbocycles. The van der Waals surface area contributed by atoms with Gasteiger partial charge in [-0.25, -0.2) is 9.97 Å². The van der Waals surface area contributed by atoms with Crippen LogP contribution in [0.1, 0.15) is 36.3 Å². The van der Waals surface area contributed by atoms with Gasteiger partial charge in [0.15, 0.2) is 5.82 Å². The molecule has 0 unspecified atom stereocenters. The molecule has 6 nitrogen and oxygen atoms in total. The van der Waals surface area contributed by atoms with Crippen LogP contribution in [-0.2, 0) is 0 Å². The number of hydrogen-bond acceptors (Lipinski definition) is 6. The molecule has 3 heterocycles. The Labute approximate surface area is 177 Å². The van der Waals surface area contributed by atoms with Crippen LogP contribution in [0.5, 0.6) is 0 Å². The summed E-state index contributed by atoms with van der Waals surface area (Å²) in [5.74, 6) is 0.753. The van der Waals surface area contributed by atoms with Crippen LogP contribution < -0.4 is 21.3 Å². The minimum Gasteiger partial charge on any atom is -0.298 e. The van der Waals surface area contributed by atoms with E-state index >= 15 is 0 Å². The summed E-state index contributed by atoms with van der Waals surface area (Å²) in [4.78, 5) is 9.33. The first-order valence-electron chi connectivity index (χ1n) is 10.8. The third-order valence-corrected chi connectivity index (χ3v) is 5.80. The predicted octanol–water partition coefficient (Wildman–Crippen LogP) is 2.97. The highest BCUT2D eigenvalue weighted by molar-refractivity contribution is 5.64. The highest BCUT2D eigenvalue weighted by atomic mass is 15.1. The van der Waals surface area contributed by atoms with Gasteiger partial charge in [0.25, 0.3) is 0 Å². The molecule has 2 aliphatic heterocycles. The Hall–Kier alpha value is -2.64. The molecule has 2 fully saturated rings. The lowest BCUT2D eigenvalue weighted by atomic mass is 10.1. The van der Waals surface area contributed by atoms with Gasteiger partial charge in [-0.3, -0.25) is 21.3 Å². The van der Waals surface area contributed by atoms with Crippen LogP contribution in [-0.4, -0.2) is 36.1 Å². The molecule has 0 spiro atoms. The van der Waals surface area contributed by atoms with Crippen molar-refractivity contribution in [3.05, 3.63) is 71.9 Å². The van der Waals surface area contributed by atoms with E-state index in [1.165, 1.54) is 24.0 Å². The molecule has 0 bridgehead atoms.